The monoisotopic (exact) mass is 379 g/mol. The molecular weight excluding hydrogens is 358 g/mol. The lowest BCUT2D eigenvalue weighted by Crippen LogP contribution is -2.29. The van der Waals surface area contributed by atoms with Gasteiger partial charge in [-0.25, -0.2) is 4.68 Å². The summed E-state index contributed by atoms with van der Waals surface area (Å²) in [6.45, 7) is 2.15. The minimum absolute atomic E-state index is 0.205. The molecule has 0 spiro atoms. The van der Waals surface area contributed by atoms with Gasteiger partial charge in [0.25, 0.3) is 5.56 Å². The number of hydrogen-bond donors (Lipinski definition) is 1. The highest BCUT2D eigenvalue weighted by Crippen LogP contribution is 2.23. The van der Waals surface area contributed by atoms with E-state index in [0.29, 0.717) is 23.7 Å². The van der Waals surface area contributed by atoms with Crippen LogP contribution in [0.4, 0.5) is 5.69 Å². The molecule has 0 aliphatic rings. The van der Waals surface area contributed by atoms with Crippen LogP contribution in [0.1, 0.15) is 6.92 Å². The van der Waals surface area contributed by atoms with Crippen molar-refractivity contribution in [3.63, 3.8) is 0 Å². The predicted octanol–water partition coefficient (Wildman–Crippen LogP) is 2.96. The first-order valence-electron chi connectivity index (χ1n) is 8.85. The Labute approximate surface area is 162 Å². The van der Waals surface area contributed by atoms with Crippen molar-refractivity contribution in [1.29, 1.82) is 0 Å². The van der Waals surface area contributed by atoms with E-state index in [2.05, 4.69) is 10.4 Å². The minimum atomic E-state index is -0.367. The van der Waals surface area contributed by atoms with E-state index in [1.807, 2.05) is 37.3 Å². The lowest BCUT2D eigenvalue weighted by Gasteiger charge is -2.12. The maximum atomic E-state index is 12.4. The Hall–Kier alpha value is -3.61. The number of ether oxygens (including phenoxy) is 2. The number of anilines is 1. The molecule has 7 nitrogen and oxygen atoms in total. The summed E-state index contributed by atoms with van der Waals surface area (Å²) in [5.74, 6) is 0.934. The second-order valence-corrected chi connectivity index (χ2v) is 5.92. The van der Waals surface area contributed by atoms with Crippen molar-refractivity contribution in [2.45, 2.75) is 13.5 Å². The average molecular weight is 379 g/mol. The quantitative estimate of drug-likeness (QED) is 0.682. The Morgan fingerprint density at radius 3 is 2.54 bits per heavy atom. The summed E-state index contributed by atoms with van der Waals surface area (Å²) in [4.78, 5) is 24.6. The van der Waals surface area contributed by atoms with Crippen LogP contribution in [-0.4, -0.2) is 29.4 Å². The van der Waals surface area contributed by atoms with Gasteiger partial charge >= 0.3 is 0 Å². The standard InChI is InChI=1S/C21H21N3O4/c1-3-28-19-7-5-4-6-18(19)22-20(25)14-24-21(26)13-12-17(23-24)15-8-10-16(27-2)11-9-15/h4-13H,3,14H2,1-2H3,(H,22,25). The van der Waals surface area contributed by atoms with E-state index in [1.54, 1.807) is 31.4 Å². The third-order valence-corrected chi connectivity index (χ3v) is 4.01. The second-order valence-electron chi connectivity index (χ2n) is 5.92. The molecule has 1 heterocycles. The smallest absolute Gasteiger partial charge is 0.267 e. The summed E-state index contributed by atoms with van der Waals surface area (Å²) in [6.07, 6.45) is 0. The molecule has 0 saturated heterocycles. The molecule has 7 heteroatoms. The van der Waals surface area contributed by atoms with Crippen LogP contribution >= 0.6 is 0 Å². The van der Waals surface area contributed by atoms with Gasteiger partial charge in [0.1, 0.15) is 18.0 Å². The molecule has 0 aliphatic heterocycles. The van der Waals surface area contributed by atoms with Gasteiger partial charge in [0.05, 0.1) is 25.1 Å². The predicted molar refractivity (Wildman–Crippen MR) is 107 cm³/mol. The minimum Gasteiger partial charge on any atom is -0.497 e. The summed E-state index contributed by atoms with van der Waals surface area (Å²) >= 11 is 0. The molecule has 0 aliphatic carbocycles. The zero-order valence-electron chi connectivity index (χ0n) is 15.7. The maximum absolute atomic E-state index is 12.4. The van der Waals surface area contributed by atoms with E-state index < -0.39 is 0 Å². The Balaban J connectivity index is 1.78. The largest absolute Gasteiger partial charge is 0.497 e. The van der Waals surface area contributed by atoms with E-state index in [1.165, 1.54) is 6.07 Å². The van der Waals surface area contributed by atoms with Gasteiger partial charge in [0, 0.05) is 11.6 Å². The Morgan fingerprint density at radius 2 is 1.82 bits per heavy atom. The first-order valence-corrected chi connectivity index (χ1v) is 8.85. The van der Waals surface area contributed by atoms with Crippen LogP contribution in [0.5, 0.6) is 11.5 Å². The SMILES string of the molecule is CCOc1ccccc1NC(=O)Cn1nc(-c2ccc(OC)cc2)ccc1=O. The number of aromatic nitrogens is 2. The van der Waals surface area contributed by atoms with Crippen LogP contribution in [-0.2, 0) is 11.3 Å². The molecule has 0 atom stereocenters. The van der Waals surface area contributed by atoms with Crippen molar-refractivity contribution < 1.29 is 14.3 Å². The molecular formula is C21H21N3O4. The lowest BCUT2D eigenvalue weighted by molar-refractivity contribution is -0.117. The van der Waals surface area contributed by atoms with E-state index in [-0.39, 0.29) is 18.0 Å². The van der Waals surface area contributed by atoms with Crippen molar-refractivity contribution >= 4 is 11.6 Å². The van der Waals surface area contributed by atoms with Crippen molar-refractivity contribution in [2.75, 3.05) is 19.0 Å². The number of methoxy groups -OCH3 is 1. The summed E-state index contributed by atoms with van der Waals surface area (Å²) < 4.78 is 11.8. The number of nitrogens with one attached hydrogen (secondary N) is 1. The molecule has 144 valence electrons. The fraction of sp³-hybridized carbons (Fsp3) is 0.190. The van der Waals surface area contributed by atoms with Gasteiger partial charge < -0.3 is 14.8 Å². The number of amides is 1. The van der Waals surface area contributed by atoms with Gasteiger partial charge in [-0.2, -0.15) is 5.10 Å². The molecule has 1 amide bonds. The van der Waals surface area contributed by atoms with Gasteiger partial charge in [-0.05, 0) is 49.4 Å². The first-order chi connectivity index (χ1) is 13.6. The molecule has 0 unspecified atom stereocenters. The van der Waals surface area contributed by atoms with E-state index in [0.717, 1.165) is 16.0 Å². The van der Waals surface area contributed by atoms with E-state index >= 15 is 0 Å². The van der Waals surface area contributed by atoms with Crippen LogP contribution in [0, 0.1) is 0 Å². The number of carbonyl (C=O) groups excluding carboxylic acids is 1. The van der Waals surface area contributed by atoms with E-state index in [9.17, 15) is 9.59 Å². The molecule has 3 aromatic rings. The Kier molecular flexibility index (Phi) is 6.06. The van der Waals surface area contributed by atoms with E-state index in [4.69, 9.17) is 9.47 Å². The number of hydrogen-bond acceptors (Lipinski definition) is 5. The first kappa shape index (κ1) is 19.2. The molecule has 0 saturated carbocycles. The van der Waals surface area contributed by atoms with Gasteiger partial charge in [-0.15, -0.1) is 0 Å². The zero-order valence-corrected chi connectivity index (χ0v) is 15.7. The molecule has 28 heavy (non-hydrogen) atoms. The number of carbonyl (C=O) groups is 1. The molecule has 0 bridgehead atoms. The summed E-state index contributed by atoms with van der Waals surface area (Å²) in [5, 5.41) is 7.07. The van der Waals surface area contributed by atoms with Crippen molar-refractivity contribution in [2.24, 2.45) is 0 Å². The van der Waals surface area contributed by atoms with Gasteiger partial charge in [-0.3, -0.25) is 9.59 Å². The molecule has 0 fully saturated rings. The number of benzene rings is 2. The highest BCUT2D eigenvalue weighted by atomic mass is 16.5. The molecule has 1 N–H and O–H groups in total. The van der Waals surface area contributed by atoms with Gasteiger partial charge in [0.2, 0.25) is 5.91 Å². The maximum Gasteiger partial charge on any atom is 0.267 e. The van der Waals surface area contributed by atoms with Crippen LogP contribution in [0.3, 0.4) is 0 Å². The summed E-state index contributed by atoms with van der Waals surface area (Å²) in [5.41, 5.74) is 1.60. The van der Waals surface area contributed by atoms with Crippen molar-refractivity contribution in [1.82, 2.24) is 9.78 Å². The molecule has 3 rings (SSSR count). The summed E-state index contributed by atoms with van der Waals surface area (Å²) in [7, 11) is 1.59. The number of rotatable bonds is 7. The normalized spacial score (nSPS) is 10.4. The summed E-state index contributed by atoms with van der Waals surface area (Å²) in [6, 6.07) is 17.5. The molecule has 0 radical (unpaired) electrons. The Bertz CT molecular complexity index is 1010. The third-order valence-electron chi connectivity index (χ3n) is 4.01. The van der Waals surface area contributed by atoms with Gasteiger partial charge in [-0.1, -0.05) is 12.1 Å². The fourth-order valence-electron chi connectivity index (χ4n) is 2.65. The lowest BCUT2D eigenvalue weighted by atomic mass is 10.1. The number of para-hydroxylation sites is 2. The van der Waals surface area contributed by atoms with Crippen LogP contribution in [0.15, 0.2) is 65.5 Å². The van der Waals surface area contributed by atoms with Crippen molar-refractivity contribution in [3.05, 3.63) is 71.0 Å². The average Bonchev–Trinajstić information content (AvgIpc) is 2.71. The zero-order chi connectivity index (χ0) is 19.9. The van der Waals surface area contributed by atoms with Crippen LogP contribution < -0.4 is 20.3 Å². The van der Waals surface area contributed by atoms with Gasteiger partial charge in [0.15, 0.2) is 0 Å². The third kappa shape index (κ3) is 4.56. The Morgan fingerprint density at radius 1 is 1.07 bits per heavy atom. The second kappa shape index (κ2) is 8.85. The number of nitrogens with zero attached hydrogens (tertiary/aromatic N) is 2. The van der Waals surface area contributed by atoms with Crippen LogP contribution in [0.2, 0.25) is 0 Å². The molecule has 1 aromatic heterocycles. The van der Waals surface area contributed by atoms with Crippen LogP contribution in [0.25, 0.3) is 11.3 Å². The highest BCUT2D eigenvalue weighted by Gasteiger charge is 2.11. The van der Waals surface area contributed by atoms with Crippen molar-refractivity contribution in [3.8, 4) is 22.8 Å². The molecule has 2 aromatic carbocycles. The highest BCUT2D eigenvalue weighted by molar-refractivity contribution is 5.92. The fourth-order valence-corrected chi connectivity index (χ4v) is 2.65. The topological polar surface area (TPSA) is 82.4 Å².